The molecule has 3 aromatic rings. The molecule has 0 unspecified atom stereocenters. The quantitative estimate of drug-likeness (QED) is 0.254. The number of carbonyl (C=O) groups is 1. The Morgan fingerprint density at radius 3 is 2.24 bits per heavy atom. The molecule has 0 spiro atoms. The third-order valence-corrected chi connectivity index (χ3v) is 10.3. The molecule has 0 bridgehead atoms. The summed E-state index contributed by atoms with van der Waals surface area (Å²) in [6, 6.07) is 21.1. The van der Waals surface area contributed by atoms with Crippen LogP contribution in [0.1, 0.15) is 70.6 Å². The lowest BCUT2D eigenvalue weighted by atomic mass is 9.69. The number of rotatable bonds is 12. The molecule has 226 valence electrons. The molecule has 1 amide bonds. The molecule has 1 aliphatic rings. The summed E-state index contributed by atoms with van der Waals surface area (Å²) in [6.45, 7) is 5.62. The van der Waals surface area contributed by atoms with Crippen molar-refractivity contribution in [1.82, 2.24) is 14.6 Å². The number of aliphatic hydroxyl groups excluding tert-OH is 1. The van der Waals surface area contributed by atoms with E-state index in [2.05, 4.69) is 10.3 Å². The van der Waals surface area contributed by atoms with E-state index in [4.69, 9.17) is 5.73 Å². The SMILES string of the molecule is CC(C)CN(C[C@@H](O)[C@@](C)(NC(=O)CC1(c2ccccn2)CCCCC1)c1ccccc1)S(=O)(=O)c1ccc(N)cc1. The molecular weight excluding hydrogens is 548 g/mol. The standard InChI is InChI=1S/C33H44N4O4S/c1-25(2)23-37(42(40,41)28-17-15-27(34)16-18-28)24-30(38)32(3,26-12-6-4-7-13-26)36-31(39)22-33(19-9-5-10-20-33)29-14-8-11-21-35-29/h4,6-8,11-18,21,25,30,38H,5,9-10,19-20,22-24,34H2,1-3H3,(H,36,39)/t30-,32+/m1/s1. The van der Waals surface area contributed by atoms with Gasteiger partial charge in [0, 0.05) is 42.5 Å². The normalized spacial score (nSPS) is 17.5. The highest BCUT2D eigenvalue weighted by atomic mass is 32.2. The molecular formula is C33H44N4O4S. The minimum absolute atomic E-state index is 0.00265. The molecule has 42 heavy (non-hydrogen) atoms. The number of amides is 1. The van der Waals surface area contributed by atoms with E-state index in [0.717, 1.165) is 37.8 Å². The lowest BCUT2D eigenvalue weighted by Crippen LogP contribution is -2.57. The molecule has 2 atom stereocenters. The number of nitrogens with zero attached hydrogens (tertiary/aromatic N) is 2. The van der Waals surface area contributed by atoms with Gasteiger partial charge >= 0.3 is 0 Å². The molecule has 4 rings (SSSR count). The van der Waals surface area contributed by atoms with Crippen molar-refractivity contribution in [2.24, 2.45) is 5.92 Å². The summed E-state index contributed by atoms with van der Waals surface area (Å²) >= 11 is 0. The predicted molar refractivity (Wildman–Crippen MR) is 166 cm³/mol. The summed E-state index contributed by atoms with van der Waals surface area (Å²) in [5.74, 6) is -0.201. The van der Waals surface area contributed by atoms with Crippen molar-refractivity contribution < 1.29 is 18.3 Å². The first-order valence-corrected chi connectivity index (χ1v) is 16.2. The largest absolute Gasteiger partial charge is 0.399 e. The number of nitrogen functional groups attached to an aromatic ring is 1. The Kier molecular flexibility index (Phi) is 10.1. The topological polar surface area (TPSA) is 126 Å². The van der Waals surface area contributed by atoms with E-state index in [9.17, 15) is 18.3 Å². The first-order chi connectivity index (χ1) is 20.0. The van der Waals surface area contributed by atoms with E-state index in [0.29, 0.717) is 11.3 Å². The molecule has 9 heteroatoms. The first-order valence-electron chi connectivity index (χ1n) is 14.8. The smallest absolute Gasteiger partial charge is 0.243 e. The summed E-state index contributed by atoms with van der Waals surface area (Å²) in [7, 11) is -3.95. The average Bonchev–Trinajstić information content (AvgIpc) is 2.98. The summed E-state index contributed by atoms with van der Waals surface area (Å²) in [5.41, 5.74) is 6.23. The van der Waals surface area contributed by atoms with E-state index in [1.807, 2.05) is 62.4 Å². The maximum atomic E-state index is 13.9. The monoisotopic (exact) mass is 592 g/mol. The summed E-state index contributed by atoms with van der Waals surface area (Å²) < 4.78 is 28.8. The van der Waals surface area contributed by atoms with Crippen molar-refractivity contribution >= 4 is 21.6 Å². The zero-order chi connectivity index (χ0) is 30.4. The fourth-order valence-electron chi connectivity index (χ4n) is 6.04. The number of carbonyl (C=O) groups excluding carboxylic acids is 1. The third-order valence-electron chi connectivity index (χ3n) is 8.42. The lowest BCUT2D eigenvalue weighted by Gasteiger charge is -2.41. The molecule has 2 aromatic carbocycles. The van der Waals surface area contributed by atoms with Gasteiger partial charge in [0.05, 0.1) is 16.5 Å². The summed E-state index contributed by atoms with van der Waals surface area (Å²) in [4.78, 5) is 18.6. The molecule has 8 nitrogen and oxygen atoms in total. The van der Waals surface area contributed by atoms with Crippen LogP contribution in [0, 0.1) is 5.92 Å². The van der Waals surface area contributed by atoms with Gasteiger partial charge in [-0.25, -0.2) is 8.42 Å². The zero-order valence-electron chi connectivity index (χ0n) is 24.9. The number of hydrogen-bond donors (Lipinski definition) is 3. The molecule has 1 fully saturated rings. The van der Waals surface area contributed by atoms with Gasteiger partial charge < -0.3 is 16.2 Å². The molecule has 1 aliphatic carbocycles. The van der Waals surface area contributed by atoms with Gasteiger partial charge in [0.1, 0.15) is 0 Å². The Bertz CT molecular complexity index is 1410. The van der Waals surface area contributed by atoms with Crippen LogP contribution in [0.5, 0.6) is 0 Å². The number of nitrogens with two attached hydrogens (primary N) is 1. The number of aliphatic hydroxyl groups is 1. The minimum atomic E-state index is -3.95. The number of nitrogens with one attached hydrogen (secondary N) is 1. The molecule has 1 aromatic heterocycles. The number of hydrogen-bond acceptors (Lipinski definition) is 6. The Morgan fingerprint density at radius 2 is 1.64 bits per heavy atom. The first kappa shape index (κ1) is 31.7. The summed E-state index contributed by atoms with van der Waals surface area (Å²) in [6.07, 6.45) is 5.66. The van der Waals surface area contributed by atoms with Gasteiger partial charge in [-0.05, 0) is 67.6 Å². The highest BCUT2D eigenvalue weighted by Crippen LogP contribution is 2.41. The zero-order valence-corrected chi connectivity index (χ0v) is 25.7. The summed E-state index contributed by atoms with van der Waals surface area (Å²) in [5, 5.41) is 15.0. The van der Waals surface area contributed by atoms with Crippen LogP contribution in [0.25, 0.3) is 0 Å². The van der Waals surface area contributed by atoms with Crippen LogP contribution in [0.3, 0.4) is 0 Å². The number of aromatic nitrogens is 1. The molecule has 4 N–H and O–H groups in total. The Labute approximate surface area is 250 Å². The fraction of sp³-hybridized carbons (Fsp3) is 0.455. The molecule has 1 saturated carbocycles. The van der Waals surface area contributed by atoms with Crippen LogP contribution < -0.4 is 11.1 Å². The number of anilines is 1. The van der Waals surface area contributed by atoms with Crippen molar-refractivity contribution in [1.29, 1.82) is 0 Å². The van der Waals surface area contributed by atoms with Crippen molar-refractivity contribution in [3.8, 4) is 0 Å². The van der Waals surface area contributed by atoms with Crippen LogP contribution in [-0.4, -0.2) is 47.9 Å². The molecule has 1 heterocycles. The lowest BCUT2D eigenvalue weighted by molar-refractivity contribution is -0.126. The Morgan fingerprint density at radius 1 is 1.00 bits per heavy atom. The van der Waals surface area contributed by atoms with Gasteiger partial charge in [0.25, 0.3) is 0 Å². The van der Waals surface area contributed by atoms with Crippen molar-refractivity contribution in [3.05, 3.63) is 90.3 Å². The van der Waals surface area contributed by atoms with Crippen molar-refractivity contribution in [2.45, 2.75) is 81.2 Å². The maximum Gasteiger partial charge on any atom is 0.243 e. The van der Waals surface area contributed by atoms with Gasteiger partial charge in [-0.1, -0.05) is 69.5 Å². The molecule has 0 aliphatic heterocycles. The Hall–Kier alpha value is -3.27. The van der Waals surface area contributed by atoms with Crippen molar-refractivity contribution in [3.63, 3.8) is 0 Å². The number of pyridine rings is 1. The molecule has 0 saturated heterocycles. The third kappa shape index (κ3) is 7.19. The van der Waals surface area contributed by atoms with Crippen LogP contribution in [0.2, 0.25) is 0 Å². The van der Waals surface area contributed by atoms with Crippen LogP contribution in [-0.2, 0) is 25.8 Å². The van der Waals surface area contributed by atoms with Crippen molar-refractivity contribution in [2.75, 3.05) is 18.8 Å². The van der Waals surface area contributed by atoms with E-state index in [1.165, 1.54) is 16.4 Å². The van der Waals surface area contributed by atoms with Crippen LogP contribution in [0.4, 0.5) is 5.69 Å². The molecule has 0 radical (unpaired) electrons. The van der Waals surface area contributed by atoms with Gasteiger partial charge in [-0.3, -0.25) is 9.78 Å². The van der Waals surface area contributed by atoms with Gasteiger partial charge in [0.15, 0.2) is 0 Å². The van der Waals surface area contributed by atoms with Crippen LogP contribution >= 0.6 is 0 Å². The van der Waals surface area contributed by atoms with E-state index < -0.39 is 21.7 Å². The van der Waals surface area contributed by atoms with E-state index >= 15 is 0 Å². The number of sulfonamides is 1. The van der Waals surface area contributed by atoms with Gasteiger partial charge in [-0.15, -0.1) is 0 Å². The van der Waals surface area contributed by atoms with Gasteiger partial charge in [0.2, 0.25) is 15.9 Å². The second kappa shape index (κ2) is 13.4. The van der Waals surface area contributed by atoms with E-state index in [-0.39, 0.29) is 41.6 Å². The Balaban J connectivity index is 1.65. The van der Waals surface area contributed by atoms with Gasteiger partial charge in [-0.2, -0.15) is 4.31 Å². The van der Waals surface area contributed by atoms with Crippen LogP contribution in [0.15, 0.2) is 83.9 Å². The highest BCUT2D eigenvalue weighted by molar-refractivity contribution is 7.89. The maximum absolute atomic E-state index is 13.9. The average molecular weight is 593 g/mol. The van der Waals surface area contributed by atoms with E-state index in [1.54, 1.807) is 25.3 Å². The predicted octanol–water partition coefficient (Wildman–Crippen LogP) is 5.00. The fourth-order valence-corrected chi connectivity index (χ4v) is 7.65. The second-order valence-electron chi connectivity index (χ2n) is 12.1. The number of benzene rings is 2. The second-order valence-corrected chi connectivity index (χ2v) is 14.1. The minimum Gasteiger partial charge on any atom is -0.399 e. The highest BCUT2D eigenvalue weighted by Gasteiger charge is 2.43.